The third-order valence-electron chi connectivity index (χ3n) is 5.99. The lowest BCUT2D eigenvalue weighted by molar-refractivity contribution is -0.170. The average Bonchev–Trinajstić information content (AvgIpc) is 3.27. The third kappa shape index (κ3) is 3.74. The minimum atomic E-state index is -0.562. The standard InChI is InChI=1S/C23H25N5O2/c29-21(26-19-7-4-10-24-15-19)20-17-28-14-11-25-22(28)23(30-20)8-12-27(13-9-23)16-18-5-2-1-3-6-18/h1-7,10-11,14-15,20H,8-9,12-13,16-17H2,(H,26,29)/t20-/m0/s1. The van der Waals surface area contributed by atoms with Gasteiger partial charge in [-0.2, -0.15) is 0 Å². The number of nitrogens with one attached hydrogen (secondary N) is 1. The summed E-state index contributed by atoms with van der Waals surface area (Å²) in [5, 5.41) is 2.93. The quantitative estimate of drug-likeness (QED) is 0.725. The number of benzene rings is 1. The van der Waals surface area contributed by atoms with E-state index in [1.165, 1.54) is 5.56 Å². The Hall–Kier alpha value is -3.03. The molecule has 0 saturated carbocycles. The first-order chi connectivity index (χ1) is 14.7. The van der Waals surface area contributed by atoms with E-state index in [1.807, 2.05) is 18.3 Å². The molecule has 0 radical (unpaired) electrons. The smallest absolute Gasteiger partial charge is 0.255 e. The summed E-state index contributed by atoms with van der Waals surface area (Å²) in [6.45, 7) is 3.20. The molecule has 1 fully saturated rings. The lowest BCUT2D eigenvalue weighted by atomic mass is 9.88. The molecule has 4 heterocycles. The number of imidazole rings is 1. The molecule has 0 bridgehead atoms. The maximum atomic E-state index is 12.9. The maximum Gasteiger partial charge on any atom is 0.255 e. The molecular weight excluding hydrogens is 378 g/mol. The van der Waals surface area contributed by atoms with Crippen molar-refractivity contribution in [3.8, 4) is 0 Å². The first kappa shape index (κ1) is 19.0. The number of likely N-dealkylation sites (tertiary alicyclic amines) is 1. The fourth-order valence-electron chi connectivity index (χ4n) is 4.45. The Kier molecular flexibility index (Phi) is 5.06. The van der Waals surface area contributed by atoms with Gasteiger partial charge in [0, 0.05) is 38.2 Å². The number of carbonyl (C=O) groups is 1. The molecule has 1 N–H and O–H groups in total. The molecule has 1 amide bonds. The van der Waals surface area contributed by atoms with Crippen LogP contribution in [-0.4, -0.2) is 44.5 Å². The predicted molar refractivity (Wildman–Crippen MR) is 113 cm³/mol. The fourth-order valence-corrected chi connectivity index (χ4v) is 4.45. The molecule has 7 heteroatoms. The first-order valence-corrected chi connectivity index (χ1v) is 10.4. The number of hydrogen-bond acceptors (Lipinski definition) is 5. The van der Waals surface area contributed by atoms with Gasteiger partial charge in [0.05, 0.1) is 18.4 Å². The van der Waals surface area contributed by atoms with Crippen molar-refractivity contribution in [3.63, 3.8) is 0 Å². The van der Waals surface area contributed by atoms with Crippen molar-refractivity contribution in [2.75, 3.05) is 18.4 Å². The van der Waals surface area contributed by atoms with Crippen LogP contribution in [0.2, 0.25) is 0 Å². The van der Waals surface area contributed by atoms with Crippen LogP contribution in [0.15, 0.2) is 67.3 Å². The molecule has 30 heavy (non-hydrogen) atoms. The van der Waals surface area contributed by atoms with Gasteiger partial charge < -0.3 is 14.6 Å². The van der Waals surface area contributed by atoms with Gasteiger partial charge in [-0.05, 0) is 30.5 Å². The Bertz CT molecular complexity index is 997. The summed E-state index contributed by atoms with van der Waals surface area (Å²) in [7, 11) is 0. The van der Waals surface area contributed by atoms with Crippen LogP contribution in [0.4, 0.5) is 5.69 Å². The highest BCUT2D eigenvalue weighted by atomic mass is 16.5. The molecule has 3 aromatic rings. The van der Waals surface area contributed by atoms with Gasteiger partial charge in [0.2, 0.25) is 0 Å². The fraction of sp³-hybridized carbons (Fsp3) is 0.348. The van der Waals surface area contributed by atoms with Crippen LogP contribution in [0, 0.1) is 0 Å². The normalized spacial score (nSPS) is 20.6. The topological polar surface area (TPSA) is 72.3 Å². The number of piperidine rings is 1. The number of aromatic nitrogens is 3. The van der Waals surface area contributed by atoms with Crippen LogP contribution >= 0.6 is 0 Å². The highest BCUT2D eigenvalue weighted by Crippen LogP contribution is 2.40. The lowest BCUT2D eigenvalue weighted by Gasteiger charge is -2.45. The van der Waals surface area contributed by atoms with Crippen molar-refractivity contribution in [3.05, 3.63) is 78.6 Å². The number of pyridine rings is 1. The van der Waals surface area contributed by atoms with Crippen LogP contribution < -0.4 is 5.32 Å². The minimum absolute atomic E-state index is 0.145. The summed E-state index contributed by atoms with van der Waals surface area (Å²) in [5.74, 6) is 0.792. The second-order valence-electron chi connectivity index (χ2n) is 8.00. The van der Waals surface area contributed by atoms with Crippen molar-refractivity contribution in [1.29, 1.82) is 0 Å². The number of ether oxygens (including phenoxy) is 1. The number of fused-ring (bicyclic) bond motifs is 2. The third-order valence-corrected chi connectivity index (χ3v) is 5.99. The highest BCUT2D eigenvalue weighted by Gasteiger charge is 2.47. The van der Waals surface area contributed by atoms with Gasteiger partial charge in [-0.25, -0.2) is 4.98 Å². The Morgan fingerprint density at radius 3 is 2.73 bits per heavy atom. The summed E-state index contributed by atoms with van der Waals surface area (Å²) in [6, 6.07) is 14.1. The van der Waals surface area contributed by atoms with Gasteiger partial charge >= 0.3 is 0 Å². The van der Waals surface area contributed by atoms with Gasteiger partial charge in [-0.1, -0.05) is 30.3 Å². The van der Waals surface area contributed by atoms with E-state index in [4.69, 9.17) is 4.74 Å². The largest absolute Gasteiger partial charge is 0.352 e. The van der Waals surface area contributed by atoms with E-state index in [-0.39, 0.29) is 5.91 Å². The molecule has 1 aromatic carbocycles. The lowest BCUT2D eigenvalue weighted by Crippen LogP contribution is -2.53. The van der Waals surface area contributed by atoms with Crippen molar-refractivity contribution in [2.45, 2.75) is 37.6 Å². The summed E-state index contributed by atoms with van der Waals surface area (Å²) >= 11 is 0. The highest BCUT2D eigenvalue weighted by molar-refractivity contribution is 5.94. The number of anilines is 1. The molecule has 1 spiro atoms. The van der Waals surface area contributed by atoms with E-state index in [2.05, 4.69) is 49.0 Å². The van der Waals surface area contributed by atoms with Gasteiger partial charge in [0.1, 0.15) is 11.4 Å². The van der Waals surface area contributed by atoms with E-state index in [1.54, 1.807) is 24.7 Å². The Balaban J connectivity index is 1.30. The number of carbonyl (C=O) groups excluding carboxylic acids is 1. The molecule has 0 aliphatic carbocycles. The molecule has 1 saturated heterocycles. The molecule has 2 aliphatic heterocycles. The molecule has 0 unspecified atom stereocenters. The Labute approximate surface area is 175 Å². The Morgan fingerprint density at radius 1 is 1.13 bits per heavy atom. The summed E-state index contributed by atoms with van der Waals surface area (Å²) in [4.78, 5) is 24.0. The van der Waals surface area contributed by atoms with Crippen LogP contribution in [0.5, 0.6) is 0 Å². The number of amides is 1. The van der Waals surface area contributed by atoms with Crippen molar-refractivity contribution < 1.29 is 9.53 Å². The van der Waals surface area contributed by atoms with E-state index in [9.17, 15) is 4.79 Å². The SMILES string of the molecule is O=C(Nc1cccnc1)[C@@H]1Cn2ccnc2C2(CCN(Cc3ccccc3)CC2)O1. The molecular formula is C23H25N5O2. The van der Waals surface area contributed by atoms with Crippen LogP contribution in [0.25, 0.3) is 0 Å². The molecule has 7 nitrogen and oxygen atoms in total. The van der Waals surface area contributed by atoms with E-state index >= 15 is 0 Å². The second kappa shape index (κ2) is 8.01. The minimum Gasteiger partial charge on any atom is -0.352 e. The van der Waals surface area contributed by atoms with Gasteiger partial charge in [0.25, 0.3) is 5.91 Å². The van der Waals surface area contributed by atoms with Crippen molar-refractivity contribution >= 4 is 11.6 Å². The molecule has 2 aromatic heterocycles. The van der Waals surface area contributed by atoms with Gasteiger partial charge in [0.15, 0.2) is 6.10 Å². The number of rotatable bonds is 4. The van der Waals surface area contributed by atoms with Gasteiger partial charge in [-0.3, -0.25) is 14.7 Å². The monoisotopic (exact) mass is 403 g/mol. The van der Waals surface area contributed by atoms with E-state index in [0.717, 1.165) is 38.3 Å². The average molecular weight is 403 g/mol. The van der Waals surface area contributed by atoms with Crippen LogP contribution in [0.1, 0.15) is 24.2 Å². The van der Waals surface area contributed by atoms with E-state index < -0.39 is 11.7 Å². The van der Waals surface area contributed by atoms with Gasteiger partial charge in [-0.15, -0.1) is 0 Å². The molecule has 1 atom stereocenters. The predicted octanol–water partition coefficient (Wildman–Crippen LogP) is 2.81. The summed E-state index contributed by atoms with van der Waals surface area (Å²) < 4.78 is 8.56. The number of nitrogens with zero attached hydrogens (tertiary/aromatic N) is 4. The van der Waals surface area contributed by atoms with E-state index in [0.29, 0.717) is 12.2 Å². The molecule has 5 rings (SSSR count). The number of hydrogen-bond donors (Lipinski definition) is 1. The zero-order valence-electron chi connectivity index (χ0n) is 16.8. The van der Waals surface area contributed by atoms with Crippen molar-refractivity contribution in [1.82, 2.24) is 19.4 Å². The van der Waals surface area contributed by atoms with Crippen molar-refractivity contribution in [2.24, 2.45) is 0 Å². The zero-order chi connectivity index (χ0) is 20.4. The Morgan fingerprint density at radius 2 is 1.97 bits per heavy atom. The second-order valence-corrected chi connectivity index (χ2v) is 8.00. The first-order valence-electron chi connectivity index (χ1n) is 10.4. The summed E-state index contributed by atoms with van der Waals surface area (Å²) in [5.41, 5.74) is 1.47. The zero-order valence-corrected chi connectivity index (χ0v) is 16.8. The maximum absolute atomic E-state index is 12.9. The van der Waals surface area contributed by atoms with Crippen LogP contribution in [0.3, 0.4) is 0 Å². The molecule has 2 aliphatic rings. The summed E-state index contributed by atoms with van der Waals surface area (Å²) in [6.07, 6.45) is 8.14. The van der Waals surface area contributed by atoms with Crippen LogP contribution in [-0.2, 0) is 28.2 Å². The molecule has 154 valence electrons.